The highest BCUT2D eigenvalue weighted by atomic mass is 19.3. The van der Waals surface area contributed by atoms with Crippen LogP contribution in [0.2, 0.25) is 0 Å². The Bertz CT molecular complexity index is 295. The topological polar surface area (TPSA) is 41.5 Å². The van der Waals surface area contributed by atoms with Crippen molar-refractivity contribution in [2.75, 3.05) is 13.2 Å². The van der Waals surface area contributed by atoms with Crippen molar-refractivity contribution in [3.05, 3.63) is 29.8 Å². The fourth-order valence-corrected chi connectivity index (χ4v) is 1.16. The van der Waals surface area contributed by atoms with Gasteiger partial charge in [0.1, 0.15) is 5.75 Å². The number of hydrogen-bond acceptors (Lipinski definition) is 3. The molecule has 3 nitrogen and oxygen atoms in total. The monoisotopic (exact) mass is 217 g/mol. The summed E-state index contributed by atoms with van der Waals surface area (Å²) in [6.45, 7) is -1.99. The molecule has 15 heavy (non-hydrogen) atoms. The second-order valence-corrected chi connectivity index (χ2v) is 2.89. The van der Waals surface area contributed by atoms with Gasteiger partial charge < -0.3 is 15.2 Å². The predicted molar refractivity (Wildman–Crippen MR) is 51.9 cm³/mol. The van der Waals surface area contributed by atoms with Gasteiger partial charge in [-0.3, -0.25) is 0 Å². The second-order valence-electron chi connectivity index (χ2n) is 2.89. The number of nitrogens with one attached hydrogen (secondary N) is 1. The summed E-state index contributed by atoms with van der Waals surface area (Å²) in [5.41, 5.74) is 0.645. The van der Waals surface area contributed by atoms with Gasteiger partial charge in [-0.1, -0.05) is 18.2 Å². The van der Waals surface area contributed by atoms with Crippen molar-refractivity contribution in [2.45, 2.75) is 13.2 Å². The number of benzene rings is 1. The molecule has 84 valence electrons. The van der Waals surface area contributed by atoms with Gasteiger partial charge in [0, 0.05) is 18.7 Å². The van der Waals surface area contributed by atoms with E-state index in [1.165, 1.54) is 6.07 Å². The lowest BCUT2D eigenvalue weighted by atomic mass is 10.2. The van der Waals surface area contributed by atoms with E-state index in [1.54, 1.807) is 18.2 Å². The third kappa shape index (κ3) is 4.22. The van der Waals surface area contributed by atoms with E-state index in [1.807, 2.05) is 0 Å². The van der Waals surface area contributed by atoms with Crippen molar-refractivity contribution in [1.82, 2.24) is 5.32 Å². The molecule has 0 aliphatic carbocycles. The summed E-state index contributed by atoms with van der Waals surface area (Å²) in [5.74, 6) is 0.165. The Morgan fingerprint density at radius 1 is 1.33 bits per heavy atom. The minimum Gasteiger partial charge on any atom is -0.434 e. The Morgan fingerprint density at radius 3 is 2.73 bits per heavy atom. The maximum atomic E-state index is 12.0. The first kappa shape index (κ1) is 11.9. The molecule has 0 bridgehead atoms. The molecule has 0 aliphatic rings. The van der Waals surface area contributed by atoms with Gasteiger partial charge in [-0.15, -0.1) is 0 Å². The first-order valence-corrected chi connectivity index (χ1v) is 4.58. The van der Waals surface area contributed by atoms with Crippen LogP contribution in [0.5, 0.6) is 5.75 Å². The molecule has 0 heterocycles. The van der Waals surface area contributed by atoms with Gasteiger partial charge in [-0.25, -0.2) is 0 Å². The lowest BCUT2D eigenvalue weighted by molar-refractivity contribution is -0.0505. The van der Waals surface area contributed by atoms with E-state index in [4.69, 9.17) is 5.11 Å². The van der Waals surface area contributed by atoms with Crippen LogP contribution in [0.1, 0.15) is 5.56 Å². The average molecular weight is 217 g/mol. The molecule has 0 spiro atoms. The Labute approximate surface area is 86.7 Å². The van der Waals surface area contributed by atoms with Crippen LogP contribution in [0, 0.1) is 0 Å². The van der Waals surface area contributed by atoms with E-state index < -0.39 is 6.61 Å². The lowest BCUT2D eigenvalue weighted by Gasteiger charge is -2.10. The lowest BCUT2D eigenvalue weighted by Crippen LogP contribution is -2.18. The number of aliphatic hydroxyl groups excluding tert-OH is 1. The van der Waals surface area contributed by atoms with E-state index in [0.29, 0.717) is 18.7 Å². The average Bonchev–Trinajstić information content (AvgIpc) is 2.20. The smallest absolute Gasteiger partial charge is 0.387 e. The molecule has 1 aromatic carbocycles. The molecule has 0 radical (unpaired) electrons. The number of rotatable bonds is 6. The van der Waals surface area contributed by atoms with Crippen molar-refractivity contribution in [1.29, 1.82) is 0 Å². The van der Waals surface area contributed by atoms with Gasteiger partial charge in [0.05, 0.1) is 6.61 Å². The summed E-state index contributed by atoms with van der Waals surface area (Å²) in [5, 5.41) is 11.4. The van der Waals surface area contributed by atoms with Crippen LogP contribution in [-0.4, -0.2) is 24.9 Å². The van der Waals surface area contributed by atoms with Gasteiger partial charge >= 0.3 is 6.61 Å². The van der Waals surface area contributed by atoms with Gasteiger partial charge in [0.2, 0.25) is 0 Å². The third-order valence-electron chi connectivity index (χ3n) is 1.79. The quantitative estimate of drug-likeness (QED) is 0.707. The molecule has 0 fully saturated rings. The van der Waals surface area contributed by atoms with Gasteiger partial charge in [-0.2, -0.15) is 8.78 Å². The zero-order chi connectivity index (χ0) is 11.1. The first-order valence-electron chi connectivity index (χ1n) is 4.58. The highest BCUT2D eigenvalue weighted by Gasteiger charge is 2.07. The molecule has 1 aromatic rings. The van der Waals surface area contributed by atoms with E-state index in [9.17, 15) is 8.78 Å². The number of hydrogen-bond donors (Lipinski definition) is 2. The van der Waals surface area contributed by atoms with Gasteiger partial charge in [0.15, 0.2) is 0 Å². The van der Waals surface area contributed by atoms with Crippen LogP contribution in [-0.2, 0) is 6.54 Å². The first-order chi connectivity index (χ1) is 7.24. The Morgan fingerprint density at radius 2 is 2.07 bits per heavy atom. The molecule has 5 heteroatoms. The Balaban J connectivity index is 2.60. The van der Waals surface area contributed by atoms with Crippen LogP contribution in [0.25, 0.3) is 0 Å². The van der Waals surface area contributed by atoms with Crippen LogP contribution in [0.4, 0.5) is 8.78 Å². The molecule has 0 saturated carbocycles. The van der Waals surface area contributed by atoms with Crippen LogP contribution in [0.15, 0.2) is 24.3 Å². The Kier molecular flexibility index (Phi) is 5.00. The molecule has 0 amide bonds. The van der Waals surface area contributed by atoms with Crippen LogP contribution in [0.3, 0.4) is 0 Å². The molecule has 0 atom stereocenters. The largest absolute Gasteiger partial charge is 0.434 e. The van der Waals surface area contributed by atoms with E-state index in [-0.39, 0.29) is 12.4 Å². The molecular weight excluding hydrogens is 204 g/mol. The maximum Gasteiger partial charge on any atom is 0.387 e. The number of alkyl halides is 2. The summed E-state index contributed by atoms with van der Waals surface area (Å²) in [6, 6.07) is 6.56. The summed E-state index contributed by atoms with van der Waals surface area (Å²) in [6.07, 6.45) is 0. The molecule has 0 aliphatic heterocycles. The van der Waals surface area contributed by atoms with E-state index in [0.717, 1.165) is 0 Å². The minimum absolute atomic E-state index is 0.0118. The highest BCUT2D eigenvalue weighted by Crippen LogP contribution is 2.19. The van der Waals surface area contributed by atoms with Crippen molar-refractivity contribution in [3.8, 4) is 5.75 Å². The maximum absolute atomic E-state index is 12.0. The number of ether oxygens (including phenoxy) is 1. The summed E-state index contributed by atoms with van der Waals surface area (Å²) in [7, 11) is 0. The van der Waals surface area contributed by atoms with E-state index >= 15 is 0 Å². The van der Waals surface area contributed by atoms with Crippen molar-refractivity contribution in [2.24, 2.45) is 0 Å². The van der Waals surface area contributed by atoms with Crippen molar-refractivity contribution in [3.63, 3.8) is 0 Å². The summed E-state index contributed by atoms with van der Waals surface area (Å²) in [4.78, 5) is 0. The van der Waals surface area contributed by atoms with Gasteiger partial charge in [0.25, 0.3) is 0 Å². The number of para-hydroxylation sites is 1. The molecule has 0 unspecified atom stereocenters. The standard InChI is InChI=1S/C10H13F2NO2/c11-10(12)15-9-4-2-1-3-8(9)7-13-5-6-14/h1-4,10,13-14H,5-7H2. The summed E-state index contributed by atoms with van der Waals surface area (Å²) < 4.78 is 28.4. The number of aliphatic hydroxyl groups is 1. The molecule has 0 aromatic heterocycles. The van der Waals surface area contributed by atoms with Crippen LogP contribution >= 0.6 is 0 Å². The van der Waals surface area contributed by atoms with E-state index in [2.05, 4.69) is 10.1 Å². The molecular formula is C10H13F2NO2. The zero-order valence-electron chi connectivity index (χ0n) is 8.12. The highest BCUT2D eigenvalue weighted by molar-refractivity contribution is 5.33. The molecule has 2 N–H and O–H groups in total. The molecule has 0 saturated heterocycles. The van der Waals surface area contributed by atoms with Crippen molar-refractivity contribution < 1.29 is 18.6 Å². The van der Waals surface area contributed by atoms with Crippen molar-refractivity contribution >= 4 is 0 Å². The third-order valence-corrected chi connectivity index (χ3v) is 1.79. The minimum atomic E-state index is -2.82. The predicted octanol–water partition coefficient (Wildman–Crippen LogP) is 1.37. The number of halogens is 2. The summed E-state index contributed by atoms with van der Waals surface area (Å²) >= 11 is 0. The Hall–Kier alpha value is -1.20. The fraction of sp³-hybridized carbons (Fsp3) is 0.400. The fourth-order valence-electron chi connectivity index (χ4n) is 1.16. The van der Waals surface area contributed by atoms with Gasteiger partial charge in [-0.05, 0) is 6.07 Å². The second kappa shape index (κ2) is 6.31. The molecule has 1 rings (SSSR count). The zero-order valence-corrected chi connectivity index (χ0v) is 8.12. The normalized spacial score (nSPS) is 10.7. The SMILES string of the molecule is OCCNCc1ccccc1OC(F)F. The van der Waals surface area contributed by atoms with Crippen LogP contribution < -0.4 is 10.1 Å².